The highest BCUT2D eigenvalue weighted by Crippen LogP contribution is 2.18. The van der Waals surface area contributed by atoms with Gasteiger partial charge in [0.25, 0.3) is 0 Å². The molecule has 0 bridgehead atoms. The van der Waals surface area contributed by atoms with Crippen molar-refractivity contribution in [3.05, 3.63) is 12.2 Å². The average Bonchev–Trinajstić information content (AvgIpc) is 3.05. The summed E-state index contributed by atoms with van der Waals surface area (Å²) in [6.07, 6.45) is 12.1. The number of hydrogen-bond donors (Lipinski definition) is 1. The first-order chi connectivity index (χ1) is 7.43. The van der Waals surface area contributed by atoms with E-state index in [1.165, 1.54) is 45.1 Å². The summed E-state index contributed by atoms with van der Waals surface area (Å²) in [5, 5.41) is 3.54. The van der Waals surface area contributed by atoms with Crippen LogP contribution < -0.4 is 5.32 Å². The maximum absolute atomic E-state index is 5.43. The van der Waals surface area contributed by atoms with Gasteiger partial charge in [-0.25, -0.2) is 0 Å². The molecule has 0 aliphatic heterocycles. The molecule has 0 atom stereocenters. The van der Waals surface area contributed by atoms with Gasteiger partial charge in [-0.2, -0.15) is 0 Å². The molecule has 0 amide bonds. The highest BCUT2D eigenvalue weighted by molar-refractivity contribution is 4.80. The number of unbranched alkanes of at least 4 members (excludes halogenated alkanes) is 3. The van der Waals surface area contributed by atoms with E-state index < -0.39 is 0 Å². The third-order valence-electron chi connectivity index (χ3n) is 2.68. The Morgan fingerprint density at radius 3 is 2.73 bits per heavy atom. The van der Waals surface area contributed by atoms with Gasteiger partial charge < -0.3 is 10.1 Å². The molecule has 0 aromatic heterocycles. The minimum Gasteiger partial charge on any atom is -0.377 e. The molecule has 0 spiro atoms. The summed E-state index contributed by atoms with van der Waals surface area (Å²) in [6.45, 7) is 4.93. The van der Waals surface area contributed by atoms with E-state index in [1.807, 2.05) is 13.0 Å². The SMILES string of the molecule is CC=CCOCCCCCCNC1CC1. The van der Waals surface area contributed by atoms with Gasteiger partial charge in [0.1, 0.15) is 0 Å². The first-order valence-electron chi connectivity index (χ1n) is 6.36. The summed E-state index contributed by atoms with van der Waals surface area (Å²) in [4.78, 5) is 0. The number of ether oxygens (including phenoxy) is 1. The average molecular weight is 211 g/mol. The number of nitrogens with one attached hydrogen (secondary N) is 1. The Balaban J connectivity index is 1.65. The van der Waals surface area contributed by atoms with Gasteiger partial charge in [0.15, 0.2) is 0 Å². The molecule has 88 valence electrons. The molecule has 1 saturated carbocycles. The molecule has 1 aliphatic carbocycles. The molecule has 1 rings (SSSR count). The zero-order valence-electron chi connectivity index (χ0n) is 10.0. The van der Waals surface area contributed by atoms with Gasteiger partial charge in [0.2, 0.25) is 0 Å². The molecule has 2 nitrogen and oxygen atoms in total. The lowest BCUT2D eigenvalue weighted by atomic mass is 10.2. The minimum absolute atomic E-state index is 0.778. The molecule has 0 aromatic rings. The van der Waals surface area contributed by atoms with Gasteiger partial charge in [0.05, 0.1) is 6.61 Å². The van der Waals surface area contributed by atoms with Crippen molar-refractivity contribution in [3.8, 4) is 0 Å². The lowest BCUT2D eigenvalue weighted by Crippen LogP contribution is -2.17. The monoisotopic (exact) mass is 211 g/mol. The molecule has 15 heavy (non-hydrogen) atoms. The summed E-state index contributed by atoms with van der Waals surface area (Å²) in [5.41, 5.74) is 0. The maximum Gasteiger partial charge on any atom is 0.0647 e. The second kappa shape index (κ2) is 8.93. The lowest BCUT2D eigenvalue weighted by Gasteiger charge is -2.03. The fourth-order valence-electron chi connectivity index (χ4n) is 1.52. The van der Waals surface area contributed by atoms with Crippen LogP contribution in [0.25, 0.3) is 0 Å². The first kappa shape index (κ1) is 12.7. The van der Waals surface area contributed by atoms with Crippen molar-refractivity contribution >= 4 is 0 Å². The molecule has 1 fully saturated rings. The fraction of sp³-hybridized carbons (Fsp3) is 0.846. The van der Waals surface area contributed by atoms with Gasteiger partial charge in [-0.15, -0.1) is 0 Å². The number of hydrogen-bond acceptors (Lipinski definition) is 2. The molecule has 2 heteroatoms. The minimum atomic E-state index is 0.778. The van der Waals surface area contributed by atoms with Crippen LogP contribution in [0, 0.1) is 0 Å². The van der Waals surface area contributed by atoms with Crippen molar-refractivity contribution in [3.63, 3.8) is 0 Å². The molecule has 0 saturated heterocycles. The van der Waals surface area contributed by atoms with Crippen LogP contribution in [0.4, 0.5) is 0 Å². The highest BCUT2D eigenvalue weighted by Gasteiger charge is 2.19. The van der Waals surface area contributed by atoms with Gasteiger partial charge in [0, 0.05) is 12.6 Å². The van der Waals surface area contributed by atoms with E-state index in [0.29, 0.717) is 0 Å². The van der Waals surface area contributed by atoms with E-state index in [4.69, 9.17) is 4.74 Å². The van der Waals surface area contributed by atoms with Crippen LogP contribution in [-0.4, -0.2) is 25.8 Å². The molecule has 0 unspecified atom stereocenters. The third-order valence-corrected chi connectivity index (χ3v) is 2.68. The van der Waals surface area contributed by atoms with E-state index >= 15 is 0 Å². The first-order valence-corrected chi connectivity index (χ1v) is 6.36. The van der Waals surface area contributed by atoms with Crippen LogP contribution in [0.5, 0.6) is 0 Å². The van der Waals surface area contributed by atoms with E-state index in [-0.39, 0.29) is 0 Å². The Kier molecular flexibility index (Phi) is 7.58. The largest absolute Gasteiger partial charge is 0.377 e. The van der Waals surface area contributed by atoms with Crippen molar-refractivity contribution in [2.45, 2.75) is 51.5 Å². The van der Waals surface area contributed by atoms with E-state index in [0.717, 1.165) is 19.3 Å². The molecule has 0 aromatic carbocycles. The Bertz CT molecular complexity index is 164. The zero-order chi connectivity index (χ0) is 10.8. The maximum atomic E-state index is 5.43. The van der Waals surface area contributed by atoms with Crippen LogP contribution >= 0.6 is 0 Å². The summed E-state index contributed by atoms with van der Waals surface area (Å²) < 4.78 is 5.43. The van der Waals surface area contributed by atoms with E-state index in [9.17, 15) is 0 Å². The topological polar surface area (TPSA) is 21.3 Å². The van der Waals surface area contributed by atoms with Crippen LogP contribution in [-0.2, 0) is 4.74 Å². The van der Waals surface area contributed by atoms with Crippen molar-refractivity contribution < 1.29 is 4.74 Å². The normalized spacial score (nSPS) is 16.3. The van der Waals surface area contributed by atoms with Crippen molar-refractivity contribution in [2.75, 3.05) is 19.8 Å². The quantitative estimate of drug-likeness (QED) is 0.443. The van der Waals surface area contributed by atoms with Crippen LogP contribution in [0.3, 0.4) is 0 Å². The zero-order valence-corrected chi connectivity index (χ0v) is 10.0. The van der Waals surface area contributed by atoms with Crippen LogP contribution in [0.15, 0.2) is 12.2 Å². The number of rotatable bonds is 10. The standard InChI is InChI=1S/C13H25NO/c1-2-3-11-15-12-7-5-4-6-10-14-13-8-9-13/h2-3,13-14H,4-12H2,1H3. The molecular weight excluding hydrogens is 186 g/mol. The Labute approximate surface area is 94.1 Å². The Morgan fingerprint density at radius 1 is 1.20 bits per heavy atom. The third kappa shape index (κ3) is 8.64. The summed E-state index contributed by atoms with van der Waals surface area (Å²) in [6, 6.07) is 0.870. The lowest BCUT2D eigenvalue weighted by molar-refractivity contribution is 0.157. The van der Waals surface area contributed by atoms with Crippen LogP contribution in [0.2, 0.25) is 0 Å². The predicted molar refractivity (Wildman–Crippen MR) is 65.1 cm³/mol. The molecule has 0 radical (unpaired) electrons. The van der Waals surface area contributed by atoms with Crippen molar-refractivity contribution in [1.82, 2.24) is 5.32 Å². The second-order valence-electron chi connectivity index (χ2n) is 4.29. The Morgan fingerprint density at radius 2 is 2.00 bits per heavy atom. The Hall–Kier alpha value is -0.340. The number of allylic oxidation sites excluding steroid dienone is 1. The van der Waals surface area contributed by atoms with E-state index in [1.54, 1.807) is 0 Å². The van der Waals surface area contributed by atoms with Gasteiger partial charge in [-0.3, -0.25) is 0 Å². The van der Waals surface area contributed by atoms with Gasteiger partial charge in [-0.1, -0.05) is 25.0 Å². The van der Waals surface area contributed by atoms with E-state index in [2.05, 4.69) is 11.4 Å². The summed E-state index contributed by atoms with van der Waals surface area (Å²) >= 11 is 0. The smallest absolute Gasteiger partial charge is 0.0647 e. The van der Waals surface area contributed by atoms with Gasteiger partial charge in [-0.05, 0) is 39.2 Å². The molecule has 0 heterocycles. The van der Waals surface area contributed by atoms with Gasteiger partial charge >= 0.3 is 0 Å². The molecule has 1 N–H and O–H groups in total. The summed E-state index contributed by atoms with van der Waals surface area (Å²) in [7, 11) is 0. The fourth-order valence-corrected chi connectivity index (χ4v) is 1.52. The predicted octanol–water partition coefficient (Wildman–Crippen LogP) is 2.89. The van der Waals surface area contributed by atoms with Crippen molar-refractivity contribution in [2.24, 2.45) is 0 Å². The summed E-state index contributed by atoms with van der Waals surface area (Å²) in [5.74, 6) is 0. The second-order valence-corrected chi connectivity index (χ2v) is 4.29. The van der Waals surface area contributed by atoms with Crippen LogP contribution in [0.1, 0.15) is 45.4 Å². The molecule has 1 aliphatic rings. The highest BCUT2D eigenvalue weighted by atomic mass is 16.5. The molecular formula is C13H25NO. The van der Waals surface area contributed by atoms with Crippen molar-refractivity contribution in [1.29, 1.82) is 0 Å².